The number of ether oxygens (including phenoxy) is 1. The molecule has 1 aliphatic carbocycles. The highest BCUT2D eigenvalue weighted by molar-refractivity contribution is 5.87. The van der Waals surface area contributed by atoms with Gasteiger partial charge in [-0.2, -0.15) is 0 Å². The molecule has 2 heteroatoms. The molecule has 1 radical (unpaired) electrons. The van der Waals surface area contributed by atoms with Crippen molar-refractivity contribution in [3.05, 3.63) is 54.1 Å². The molecule has 2 nitrogen and oxygen atoms in total. The lowest BCUT2D eigenvalue weighted by Crippen LogP contribution is -2.03. The molecular weight excluding hydrogens is 272 g/mol. The van der Waals surface area contributed by atoms with Crippen LogP contribution in [0.15, 0.2) is 48.5 Å². The second-order valence-electron chi connectivity index (χ2n) is 5.96. The minimum Gasteiger partial charge on any atom is -0.494 e. The molecule has 0 unspecified atom stereocenters. The number of benzene rings is 2. The fourth-order valence-electron chi connectivity index (χ4n) is 3.20. The lowest BCUT2D eigenvalue weighted by Gasteiger charge is -2.11. The molecule has 0 saturated heterocycles. The van der Waals surface area contributed by atoms with E-state index in [2.05, 4.69) is 0 Å². The Morgan fingerprint density at radius 3 is 2.45 bits per heavy atom. The van der Waals surface area contributed by atoms with E-state index in [0.29, 0.717) is 5.56 Å². The number of rotatable bonds is 6. The third-order valence-corrected chi connectivity index (χ3v) is 4.47. The first-order chi connectivity index (χ1) is 10.9. The third kappa shape index (κ3) is 3.56. The maximum absolute atomic E-state index is 11.0. The summed E-state index contributed by atoms with van der Waals surface area (Å²) in [7, 11) is 0. The summed E-state index contributed by atoms with van der Waals surface area (Å²) < 4.78 is 5.84. The van der Waals surface area contributed by atoms with Gasteiger partial charge in [-0.25, -0.2) is 0 Å². The molecule has 2 aromatic rings. The predicted octanol–water partition coefficient (Wildman–Crippen LogP) is 4.77. The first kappa shape index (κ1) is 14.8. The summed E-state index contributed by atoms with van der Waals surface area (Å²) in [5, 5.41) is 0. The summed E-state index contributed by atoms with van der Waals surface area (Å²) in [6.45, 7) is 0.794. The summed E-state index contributed by atoms with van der Waals surface area (Å²) in [4.78, 5) is 11.0. The van der Waals surface area contributed by atoms with Gasteiger partial charge in [0.2, 0.25) is 6.29 Å². The molecule has 1 saturated carbocycles. The molecule has 0 aromatic heterocycles. The van der Waals surface area contributed by atoms with Crippen LogP contribution in [-0.4, -0.2) is 12.9 Å². The predicted molar refractivity (Wildman–Crippen MR) is 88.7 cm³/mol. The van der Waals surface area contributed by atoms with Crippen LogP contribution < -0.4 is 4.74 Å². The molecule has 22 heavy (non-hydrogen) atoms. The highest BCUT2D eigenvalue weighted by Crippen LogP contribution is 2.28. The molecule has 1 aliphatic rings. The van der Waals surface area contributed by atoms with E-state index in [0.717, 1.165) is 35.8 Å². The van der Waals surface area contributed by atoms with E-state index >= 15 is 0 Å². The second kappa shape index (κ2) is 7.26. The highest BCUT2D eigenvalue weighted by Gasteiger charge is 2.14. The Balaban J connectivity index is 1.61. The van der Waals surface area contributed by atoms with Crippen molar-refractivity contribution in [2.75, 3.05) is 6.61 Å². The van der Waals surface area contributed by atoms with Gasteiger partial charge in [0.25, 0.3) is 0 Å². The molecule has 0 N–H and O–H groups in total. The Hall–Kier alpha value is -2.09. The van der Waals surface area contributed by atoms with Gasteiger partial charge in [0.15, 0.2) is 0 Å². The molecule has 0 spiro atoms. The van der Waals surface area contributed by atoms with Gasteiger partial charge in [0.05, 0.1) is 6.61 Å². The van der Waals surface area contributed by atoms with E-state index in [9.17, 15) is 4.79 Å². The van der Waals surface area contributed by atoms with Crippen LogP contribution in [0, 0.1) is 5.92 Å². The minimum absolute atomic E-state index is 0.595. The summed E-state index contributed by atoms with van der Waals surface area (Å²) >= 11 is 0. The zero-order valence-electron chi connectivity index (χ0n) is 12.8. The molecule has 1 fully saturated rings. The minimum atomic E-state index is 0.595. The highest BCUT2D eigenvalue weighted by atomic mass is 16.5. The lowest BCUT2D eigenvalue weighted by atomic mass is 10.0. The standard InChI is InChI=1S/C20H21O2/c21-15-18-7-3-4-8-20(18)17-9-11-19(12-10-17)22-14-13-16-5-1-2-6-16/h3-4,7-12,16H,1-2,5-6,13-14H2. The van der Waals surface area contributed by atoms with Crippen molar-refractivity contribution in [3.63, 3.8) is 0 Å². The van der Waals surface area contributed by atoms with Gasteiger partial charge >= 0.3 is 0 Å². The lowest BCUT2D eigenvalue weighted by molar-refractivity contribution is 0.279. The van der Waals surface area contributed by atoms with E-state index in [1.54, 1.807) is 6.07 Å². The zero-order chi connectivity index (χ0) is 15.2. The van der Waals surface area contributed by atoms with E-state index in [1.807, 2.05) is 48.8 Å². The average molecular weight is 293 g/mol. The Kier molecular flexibility index (Phi) is 4.89. The maximum atomic E-state index is 11.0. The number of hydrogen-bond acceptors (Lipinski definition) is 2. The zero-order valence-corrected chi connectivity index (χ0v) is 12.8. The van der Waals surface area contributed by atoms with Gasteiger partial charge in [-0.15, -0.1) is 0 Å². The Labute approximate surface area is 132 Å². The first-order valence-electron chi connectivity index (χ1n) is 8.07. The molecule has 3 rings (SSSR count). The molecule has 0 heterocycles. The van der Waals surface area contributed by atoms with Crippen LogP contribution in [0.3, 0.4) is 0 Å². The first-order valence-corrected chi connectivity index (χ1v) is 8.07. The Bertz CT molecular complexity index is 610. The average Bonchev–Trinajstić information content (AvgIpc) is 3.09. The summed E-state index contributed by atoms with van der Waals surface area (Å²) in [6, 6.07) is 15.5. The van der Waals surface area contributed by atoms with E-state index in [4.69, 9.17) is 4.74 Å². The van der Waals surface area contributed by atoms with Crippen molar-refractivity contribution < 1.29 is 9.53 Å². The molecule has 0 atom stereocenters. The molecular formula is C20H21O2. The Morgan fingerprint density at radius 2 is 1.73 bits per heavy atom. The smallest absolute Gasteiger partial charge is 0.234 e. The van der Waals surface area contributed by atoms with Crippen molar-refractivity contribution in [2.24, 2.45) is 5.92 Å². The van der Waals surface area contributed by atoms with Crippen LogP contribution in [0.4, 0.5) is 0 Å². The molecule has 0 aliphatic heterocycles. The van der Waals surface area contributed by atoms with E-state index < -0.39 is 0 Å². The van der Waals surface area contributed by atoms with Crippen LogP contribution in [-0.2, 0) is 4.79 Å². The second-order valence-corrected chi connectivity index (χ2v) is 5.96. The molecule has 0 amide bonds. The van der Waals surface area contributed by atoms with Gasteiger partial charge in [-0.05, 0) is 35.6 Å². The molecule has 113 valence electrons. The normalized spacial score (nSPS) is 14.9. The van der Waals surface area contributed by atoms with E-state index in [-0.39, 0.29) is 0 Å². The maximum Gasteiger partial charge on any atom is 0.234 e. The van der Waals surface area contributed by atoms with Gasteiger partial charge in [0.1, 0.15) is 5.75 Å². The SMILES string of the molecule is O=[C]c1ccccc1-c1ccc(OCCC2CCCC2)cc1. The largest absolute Gasteiger partial charge is 0.494 e. The number of hydrogen-bond donors (Lipinski definition) is 0. The summed E-state index contributed by atoms with van der Waals surface area (Å²) in [5.41, 5.74) is 2.52. The van der Waals surface area contributed by atoms with Crippen LogP contribution in [0.1, 0.15) is 37.7 Å². The number of carbonyl (C=O) groups excluding carboxylic acids is 1. The van der Waals surface area contributed by atoms with Crippen molar-refractivity contribution in [1.82, 2.24) is 0 Å². The topological polar surface area (TPSA) is 26.3 Å². The third-order valence-electron chi connectivity index (χ3n) is 4.47. The fourth-order valence-corrected chi connectivity index (χ4v) is 3.20. The van der Waals surface area contributed by atoms with Gasteiger partial charge in [-0.3, -0.25) is 4.79 Å². The van der Waals surface area contributed by atoms with Crippen molar-refractivity contribution in [3.8, 4) is 16.9 Å². The van der Waals surface area contributed by atoms with Crippen molar-refractivity contribution in [1.29, 1.82) is 0 Å². The van der Waals surface area contributed by atoms with Gasteiger partial charge < -0.3 is 4.74 Å². The van der Waals surface area contributed by atoms with Crippen molar-refractivity contribution in [2.45, 2.75) is 32.1 Å². The van der Waals surface area contributed by atoms with E-state index in [1.165, 1.54) is 25.7 Å². The fraction of sp³-hybridized carbons (Fsp3) is 0.350. The summed E-state index contributed by atoms with van der Waals surface area (Å²) in [6.07, 6.45) is 8.64. The Morgan fingerprint density at radius 1 is 1.00 bits per heavy atom. The van der Waals surface area contributed by atoms with Crippen LogP contribution in [0.2, 0.25) is 0 Å². The van der Waals surface area contributed by atoms with Crippen molar-refractivity contribution >= 4 is 6.29 Å². The van der Waals surface area contributed by atoms with Gasteiger partial charge in [-0.1, -0.05) is 62.1 Å². The van der Waals surface area contributed by atoms with Crippen LogP contribution >= 0.6 is 0 Å². The van der Waals surface area contributed by atoms with Crippen LogP contribution in [0.5, 0.6) is 5.75 Å². The quantitative estimate of drug-likeness (QED) is 0.766. The molecule has 0 bridgehead atoms. The summed E-state index contributed by atoms with van der Waals surface area (Å²) in [5.74, 6) is 1.75. The molecule has 2 aromatic carbocycles. The van der Waals surface area contributed by atoms with Gasteiger partial charge in [0, 0.05) is 5.56 Å². The van der Waals surface area contributed by atoms with Crippen LogP contribution in [0.25, 0.3) is 11.1 Å². The monoisotopic (exact) mass is 293 g/mol.